The summed E-state index contributed by atoms with van der Waals surface area (Å²) in [6.45, 7) is 15.3. The summed E-state index contributed by atoms with van der Waals surface area (Å²) in [5, 5.41) is 2.13. The molecule has 0 aromatic carbocycles. The van der Waals surface area contributed by atoms with Crippen LogP contribution in [-0.2, 0) is 17.2 Å². The molecule has 2 unspecified atom stereocenters. The van der Waals surface area contributed by atoms with Gasteiger partial charge in [-0.2, -0.15) is 17.7 Å². The molecule has 3 saturated carbocycles. The third-order valence-corrected chi connectivity index (χ3v) is 16.4. The van der Waals surface area contributed by atoms with Crippen LogP contribution in [0.1, 0.15) is 112 Å². The lowest BCUT2D eigenvalue weighted by atomic mass is 9.47. The minimum atomic E-state index is -6.09. The average Bonchev–Trinajstić information content (AvgIpc) is 3.33. The Balaban J connectivity index is 0.000000533. The quantitative estimate of drug-likeness (QED) is 0.0842. The van der Waals surface area contributed by atoms with E-state index in [1.54, 1.807) is 0 Å². The molecule has 0 radical (unpaired) electrons. The number of pyridine rings is 1. The maximum Gasteiger partial charge on any atom is 0.485 e. The zero-order valence-electron chi connectivity index (χ0n) is 28.8. The Bertz CT molecular complexity index is 1320. The molecule has 9 atom stereocenters. The molecule has 0 amide bonds. The summed E-state index contributed by atoms with van der Waals surface area (Å²) in [7, 11) is 0.202. The largest absolute Gasteiger partial charge is 0.741 e. The van der Waals surface area contributed by atoms with Gasteiger partial charge in [0.05, 0.1) is 0 Å². The van der Waals surface area contributed by atoms with Gasteiger partial charge in [-0.05, 0) is 116 Å². The minimum Gasteiger partial charge on any atom is -0.741 e. The number of rotatable bonds is 9. The van der Waals surface area contributed by atoms with Crippen molar-refractivity contribution < 1.29 is 30.7 Å². The molecule has 4 nitrogen and oxygen atoms in total. The highest BCUT2D eigenvalue weighted by molar-refractivity contribution is 8.76. The van der Waals surface area contributed by atoms with Crippen molar-refractivity contribution in [3.05, 3.63) is 36.0 Å². The van der Waals surface area contributed by atoms with Crippen molar-refractivity contribution in [1.29, 1.82) is 0 Å². The molecule has 262 valence electrons. The molecule has 1 aromatic rings. The number of aryl methyl sites for hydroxylation is 1. The molecule has 4 aliphatic rings. The van der Waals surface area contributed by atoms with Gasteiger partial charge in [-0.3, -0.25) is 0 Å². The second-order valence-corrected chi connectivity index (χ2v) is 19.4. The molecule has 46 heavy (non-hydrogen) atoms. The summed E-state index contributed by atoms with van der Waals surface area (Å²) in [5.41, 5.74) is -2.74. The van der Waals surface area contributed by atoms with Gasteiger partial charge >= 0.3 is 5.51 Å². The summed E-state index contributed by atoms with van der Waals surface area (Å²) >= 11 is 0. The van der Waals surface area contributed by atoms with E-state index in [0.717, 1.165) is 46.7 Å². The Morgan fingerprint density at radius 1 is 1.04 bits per heavy atom. The van der Waals surface area contributed by atoms with E-state index in [9.17, 15) is 13.2 Å². The summed E-state index contributed by atoms with van der Waals surface area (Å²) < 4.78 is 61.2. The highest BCUT2D eigenvalue weighted by Gasteiger charge is 2.59. The van der Waals surface area contributed by atoms with Crippen LogP contribution in [0.4, 0.5) is 13.2 Å². The van der Waals surface area contributed by atoms with Crippen molar-refractivity contribution >= 4 is 31.7 Å². The zero-order chi connectivity index (χ0) is 34.1. The van der Waals surface area contributed by atoms with E-state index >= 15 is 0 Å². The van der Waals surface area contributed by atoms with Crippen molar-refractivity contribution in [3.8, 4) is 0 Å². The Kier molecular flexibility index (Phi) is 12.5. The SMILES string of the molecule is CCC(CCC(C)[C@H]1CC[C@H]2[C@@H]3CC=C4C[C@@H](SSc5cccc[n+]5C)CC[C@]4(C)[C@H]3CC[C@]12C)C(C)C.O=S(=O)([O-])C(F)(F)F. The standard InChI is InChI=1S/C35H56NS2.CHF3O3S/c1-8-26(24(2)3)13-12-25(4)30-16-17-31-29-15-14-27-23-28(37-38-33-11-9-10-22-36(33)7)18-20-34(27,5)32(29)19-21-35(30,31)6;2-1(3,4)8(5,6)7/h9-11,14,22,24-26,28-32H,8,12-13,15-21,23H2,1-7H3;(H,5,6,7)/q+1;/p-1/t25?,26?,28-,29-,30+,31-,32-,34-,35+;/m0./s1. The van der Waals surface area contributed by atoms with E-state index in [1.807, 2.05) is 16.4 Å². The molecular formula is C36H56F3NO3S3. The molecule has 3 fully saturated rings. The van der Waals surface area contributed by atoms with Crippen molar-refractivity contribution in [2.24, 2.45) is 59.3 Å². The van der Waals surface area contributed by atoms with Crippen LogP contribution >= 0.6 is 21.6 Å². The van der Waals surface area contributed by atoms with E-state index in [-0.39, 0.29) is 0 Å². The van der Waals surface area contributed by atoms with Crippen molar-refractivity contribution in [1.82, 2.24) is 0 Å². The molecule has 1 aromatic heterocycles. The Labute approximate surface area is 284 Å². The van der Waals surface area contributed by atoms with Gasteiger partial charge in [-0.25, -0.2) is 8.42 Å². The number of hydrogen-bond acceptors (Lipinski definition) is 5. The summed E-state index contributed by atoms with van der Waals surface area (Å²) in [6.07, 6.45) is 20.7. The molecule has 0 N–H and O–H groups in total. The number of aromatic nitrogens is 1. The van der Waals surface area contributed by atoms with Crippen LogP contribution < -0.4 is 4.57 Å². The predicted octanol–water partition coefficient (Wildman–Crippen LogP) is 10.3. The molecular weight excluding hydrogens is 648 g/mol. The highest BCUT2D eigenvalue weighted by Crippen LogP contribution is 2.68. The normalized spacial score (nSPS) is 34.0. The predicted molar refractivity (Wildman–Crippen MR) is 183 cm³/mol. The Morgan fingerprint density at radius 2 is 1.74 bits per heavy atom. The molecule has 0 bridgehead atoms. The molecule has 5 rings (SSSR count). The van der Waals surface area contributed by atoms with Crippen LogP contribution in [-0.4, -0.2) is 23.7 Å². The fraction of sp³-hybridized carbons (Fsp3) is 0.806. The number of fused-ring (bicyclic) bond motifs is 5. The maximum absolute atomic E-state index is 10.7. The van der Waals surface area contributed by atoms with E-state index in [2.05, 4.69) is 94.4 Å². The molecule has 0 aliphatic heterocycles. The zero-order valence-corrected chi connectivity index (χ0v) is 31.3. The molecule has 0 saturated heterocycles. The first kappa shape index (κ1) is 38.1. The van der Waals surface area contributed by atoms with E-state index in [0.29, 0.717) is 10.8 Å². The fourth-order valence-electron chi connectivity index (χ4n) is 10.1. The monoisotopic (exact) mass is 703 g/mol. The topological polar surface area (TPSA) is 61.1 Å². The van der Waals surface area contributed by atoms with Crippen LogP contribution in [0.3, 0.4) is 0 Å². The number of hydrogen-bond donors (Lipinski definition) is 0. The van der Waals surface area contributed by atoms with Crippen LogP contribution in [0, 0.1) is 52.3 Å². The van der Waals surface area contributed by atoms with Gasteiger partial charge in [0.2, 0.25) is 5.03 Å². The minimum absolute atomic E-state index is 0.471. The number of alkyl halides is 3. The summed E-state index contributed by atoms with van der Waals surface area (Å²) in [4.78, 5) is 0. The van der Waals surface area contributed by atoms with E-state index in [1.165, 1.54) is 75.7 Å². The number of nitrogens with zero attached hydrogens (tertiary/aromatic N) is 1. The second-order valence-electron chi connectivity index (χ2n) is 15.5. The van der Waals surface area contributed by atoms with E-state index in [4.69, 9.17) is 13.0 Å². The molecule has 0 spiro atoms. The molecule has 4 aliphatic carbocycles. The third-order valence-electron chi connectivity index (χ3n) is 12.8. The van der Waals surface area contributed by atoms with Crippen molar-refractivity contribution in [3.63, 3.8) is 0 Å². The van der Waals surface area contributed by atoms with Crippen molar-refractivity contribution in [2.45, 2.75) is 128 Å². The van der Waals surface area contributed by atoms with Crippen LogP contribution in [0.2, 0.25) is 0 Å². The van der Waals surface area contributed by atoms with Gasteiger partial charge in [0.15, 0.2) is 16.3 Å². The third kappa shape index (κ3) is 8.18. The highest BCUT2D eigenvalue weighted by atomic mass is 33.1. The fourth-order valence-corrected chi connectivity index (χ4v) is 12.8. The molecule has 10 heteroatoms. The number of halogens is 3. The lowest BCUT2D eigenvalue weighted by Gasteiger charge is -2.58. The van der Waals surface area contributed by atoms with Crippen LogP contribution in [0.25, 0.3) is 0 Å². The maximum atomic E-state index is 10.7. The van der Waals surface area contributed by atoms with Crippen LogP contribution in [0.5, 0.6) is 0 Å². The van der Waals surface area contributed by atoms with E-state index < -0.39 is 15.6 Å². The first-order valence-corrected chi connectivity index (χ1v) is 21.0. The lowest BCUT2D eigenvalue weighted by molar-refractivity contribution is -0.708. The van der Waals surface area contributed by atoms with Gasteiger partial charge in [-0.15, -0.1) is 0 Å². The summed E-state index contributed by atoms with van der Waals surface area (Å²) in [6, 6.07) is 6.56. The van der Waals surface area contributed by atoms with Crippen LogP contribution in [0.15, 0.2) is 41.1 Å². The van der Waals surface area contributed by atoms with Gasteiger partial charge < -0.3 is 4.55 Å². The smallest absolute Gasteiger partial charge is 0.485 e. The average molecular weight is 704 g/mol. The van der Waals surface area contributed by atoms with Gasteiger partial charge in [-0.1, -0.05) is 76.8 Å². The Hall–Kier alpha value is -0.710. The van der Waals surface area contributed by atoms with Gasteiger partial charge in [0.1, 0.15) is 7.05 Å². The molecule has 1 heterocycles. The Morgan fingerprint density at radius 3 is 2.35 bits per heavy atom. The number of allylic oxidation sites excluding steroid dienone is 2. The van der Waals surface area contributed by atoms with Crippen molar-refractivity contribution in [2.75, 3.05) is 0 Å². The first-order chi connectivity index (χ1) is 21.4. The van der Waals surface area contributed by atoms with Gasteiger partial charge in [0, 0.05) is 28.2 Å². The second kappa shape index (κ2) is 15.0. The summed E-state index contributed by atoms with van der Waals surface area (Å²) in [5.74, 6) is 6.47. The lowest BCUT2D eigenvalue weighted by Crippen LogP contribution is -2.50. The van der Waals surface area contributed by atoms with Gasteiger partial charge in [0.25, 0.3) is 0 Å². The first-order valence-electron chi connectivity index (χ1n) is 17.4.